The highest BCUT2D eigenvalue weighted by Crippen LogP contribution is 2.44. The van der Waals surface area contributed by atoms with Gasteiger partial charge in [0.15, 0.2) is 5.82 Å². The van der Waals surface area contributed by atoms with E-state index < -0.39 is 5.54 Å². The van der Waals surface area contributed by atoms with Gasteiger partial charge < -0.3 is 5.32 Å². The van der Waals surface area contributed by atoms with Crippen molar-refractivity contribution in [3.05, 3.63) is 77.5 Å². The molecule has 2 aliphatic rings. The number of nitrogens with one attached hydrogen (secondary N) is 1. The Morgan fingerprint density at radius 3 is 2.62 bits per heavy atom. The van der Waals surface area contributed by atoms with Crippen molar-refractivity contribution in [2.45, 2.75) is 24.8 Å². The van der Waals surface area contributed by atoms with Crippen LogP contribution in [-0.4, -0.2) is 31.2 Å². The largest absolute Gasteiger partial charge is 0.341 e. The fourth-order valence-corrected chi connectivity index (χ4v) is 4.13. The fraction of sp³-hybridized carbons (Fsp3) is 0.250. The van der Waals surface area contributed by atoms with Gasteiger partial charge in [-0.3, -0.25) is 9.48 Å². The molecule has 2 aromatic heterocycles. The van der Waals surface area contributed by atoms with Gasteiger partial charge in [0.1, 0.15) is 11.5 Å². The topological polar surface area (TPSA) is 72.7 Å². The molecule has 0 spiro atoms. The van der Waals surface area contributed by atoms with Gasteiger partial charge >= 0.3 is 0 Å². The third kappa shape index (κ3) is 4.08. The van der Waals surface area contributed by atoms with Crippen LogP contribution in [0.5, 0.6) is 0 Å². The first-order valence-electron chi connectivity index (χ1n) is 10.4. The fourth-order valence-electron chi connectivity index (χ4n) is 4.00. The Kier molecular flexibility index (Phi) is 5.13. The van der Waals surface area contributed by atoms with E-state index in [1.165, 1.54) is 12.2 Å². The van der Waals surface area contributed by atoms with Gasteiger partial charge in [-0.2, -0.15) is 5.10 Å². The normalized spacial score (nSPS) is 20.2. The highest BCUT2D eigenvalue weighted by atomic mass is 35.5. The SMILES string of the molecule is Cn1cc(-c2nc(C(=O)N[C@@]3(C4CC4)C=CC(F)=CC3)cc(-c3ccc(Cl)cc3)n2)cn1. The minimum atomic E-state index is -0.591. The van der Waals surface area contributed by atoms with Gasteiger partial charge in [-0.25, -0.2) is 14.4 Å². The molecule has 5 rings (SSSR count). The number of nitrogens with zero attached hydrogens (tertiary/aromatic N) is 4. The van der Waals surface area contributed by atoms with Crippen LogP contribution in [0.3, 0.4) is 0 Å². The van der Waals surface area contributed by atoms with Crippen LogP contribution in [-0.2, 0) is 7.05 Å². The summed E-state index contributed by atoms with van der Waals surface area (Å²) in [5.74, 6) is 0.102. The van der Waals surface area contributed by atoms with E-state index in [0.717, 1.165) is 18.4 Å². The molecule has 0 aliphatic heterocycles. The van der Waals surface area contributed by atoms with Crippen LogP contribution in [0.15, 0.2) is 66.8 Å². The first-order chi connectivity index (χ1) is 15.4. The molecule has 32 heavy (non-hydrogen) atoms. The number of halogens is 2. The highest BCUT2D eigenvalue weighted by Gasteiger charge is 2.45. The van der Waals surface area contributed by atoms with E-state index in [-0.39, 0.29) is 17.4 Å². The van der Waals surface area contributed by atoms with Gasteiger partial charge in [0.25, 0.3) is 5.91 Å². The van der Waals surface area contributed by atoms with E-state index in [2.05, 4.69) is 20.4 Å². The van der Waals surface area contributed by atoms with E-state index in [1.54, 1.807) is 41.4 Å². The molecule has 0 saturated heterocycles. The molecule has 1 atom stereocenters. The third-order valence-electron chi connectivity index (χ3n) is 5.89. The Morgan fingerprint density at radius 1 is 1.22 bits per heavy atom. The van der Waals surface area contributed by atoms with Gasteiger partial charge in [0, 0.05) is 23.8 Å². The molecule has 0 unspecified atom stereocenters. The Morgan fingerprint density at radius 2 is 2.00 bits per heavy atom. The van der Waals surface area contributed by atoms with Crippen LogP contribution in [0, 0.1) is 5.92 Å². The predicted octanol–water partition coefficient (Wildman–Crippen LogP) is 4.89. The number of carbonyl (C=O) groups excluding carboxylic acids is 1. The zero-order valence-corrected chi connectivity index (χ0v) is 18.2. The molecule has 1 N–H and O–H groups in total. The van der Waals surface area contributed by atoms with Crippen LogP contribution < -0.4 is 5.32 Å². The number of benzene rings is 1. The smallest absolute Gasteiger partial charge is 0.270 e. The summed E-state index contributed by atoms with van der Waals surface area (Å²) in [6.07, 6.45) is 10.6. The number of amides is 1. The summed E-state index contributed by atoms with van der Waals surface area (Å²) >= 11 is 6.03. The molecule has 1 aromatic carbocycles. The summed E-state index contributed by atoms with van der Waals surface area (Å²) < 4.78 is 15.3. The molecule has 1 fully saturated rings. The molecule has 8 heteroatoms. The highest BCUT2D eigenvalue weighted by molar-refractivity contribution is 6.30. The van der Waals surface area contributed by atoms with Gasteiger partial charge in [-0.05, 0) is 55.5 Å². The lowest BCUT2D eigenvalue weighted by Crippen LogP contribution is -2.49. The van der Waals surface area contributed by atoms with Crippen LogP contribution in [0.1, 0.15) is 29.8 Å². The Bertz CT molecular complexity index is 1250. The van der Waals surface area contributed by atoms with Crippen molar-refractivity contribution in [1.29, 1.82) is 0 Å². The molecule has 0 radical (unpaired) electrons. The Hall–Kier alpha value is -3.32. The molecule has 3 aromatic rings. The predicted molar refractivity (Wildman–Crippen MR) is 121 cm³/mol. The zero-order chi connectivity index (χ0) is 22.3. The zero-order valence-electron chi connectivity index (χ0n) is 17.4. The maximum absolute atomic E-state index is 13.6. The second kappa shape index (κ2) is 7.98. The number of allylic oxidation sites excluding steroid dienone is 2. The van der Waals surface area contributed by atoms with Crippen molar-refractivity contribution < 1.29 is 9.18 Å². The monoisotopic (exact) mass is 449 g/mol. The molecule has 1 saturated carbocycles. The number of aryl methyl sites for hydroxylation is 1. The molecule has 2 heterocycles. The third-order valence-corrected chi connectivity index (χ3v) is 6.14. The van der Waals surface area contributed by atoms with Crippen molar-refractivity contribution in [1.82, 2.24) is 25.1 Å². The van der Waals surface area contributed by atoms with Gasteiger partial charge in [0.05, 0.1) is 23.0 Å². The second-order valence-corrected chi connectivity index (χ2v) is 8.70. The van der Waals surface area contributed by atoms with Crippen molar-refractivity contribution in [3.8, 4) is 22.6 Å². The van der Waals surface area contributed by atoms with Crippen molar-refractivity contribution >= 4 is 17.5 Å². The second-order valence-electron chi connectivity index (χ2n) is 8.27. The molecular weight excluding hydrogens is 429 g/mol. The van der Waals surface area contributed by atoms with E-state index in [9.17, 15) is 9.18 Å². The summed E-state index contributed by atoms with van der Waals surface area (Å²) in [7, 11) is 1.81. The Balaban J connectivity index is 1.53. The summed E-state index contributed by atoms with van der Waals surface area (Å²) in [4.78, 5) is 22.6. The molecule has 0 bridgehead atoms. The minimum absolute atomic E-state index is 0.243. The van der Waals surface area contributed by atoms with Crippen LogP contribution >= 0.6 is 11.6 Å². The molecule has 2 aliphatic carbocycles. The summed E-state index contributed by atoms with van der Waals surface area (Å²) in [5, 5.41) is 7.94. The number of rotatable bonds is 5. The maximum atomic E-state index is 13.6. The number of aromatic nitrogens is 4. The average molecular weight is 450 g/mol. The van der Waals surface area contributed by atoms with E-state index in [4.69, 9.17) is 11.6 Å². The summed E-state index contributed by atoms with van der Waals surface area (Å²) in [6, 6.07) is 8.92. The lowest BCUT2D eigenvalue weighted by molar-refractivity contribution is 0.0902. The standard InChI is InChI=1S/C24H21ClFN5O/c1-31-14-16(13-27-31)22-28-20(15-2-6-18(25)7-3-15)12-21(29-22)23(32)30-24(17-4-5-17)10-8-19(26)9-11-24/h2-3,6-10,12-14,17H,4-5,11H2,1H3,(H,30,32)/t24-/m0/s1. The number of hydrogen-bond acceptors (Lipinski definition) is 4. The van der Waals surface area contributed by atoms with Crippen molar-refractivity contribution in [3.63, 3.8) is 0 Å². The van der Waals surface area contributed by atoms with Crippen LogP contribution in [0.4, 0.5) is 4.39 Å². The maximum Gasteiger partial charge on any atom is 0.270 e. The quantitative estimate of drug-likeness (QED) is 0.602. The molecular formula is C24H21ClFN5O. The van der Waals surface area contributed by atoms with E-state index >= 15 is 0 Å². The summed E-state index contributed by atoms with van der Waals surface area (Å²) in [6.45, 7) is 0. The van der Waals surface area contributed by atoms with E-state index in [1.807, 2.05) is 19.2 Å². The minimum Gasteiger partial charge on any atom is -0.341 e. The van der Waals surface area contributed by atoms with E-state index in [0.29, 0.717) is 34.4 Å². The Labute approximate surface area is 189 Å². The van der Waals surface area contributed by atoms with Gasteiger partial charge in [-0.15, -0.1) is 0 Å². The van der Waals surface area contributed by atoms with Gasteiger partial charge in [0.2, 0.25) is 0 Å². The first-order valence-corrected chi connectivity index (χ1v) is 10.8. The number of hydrogen-bond donors (Lipinski definition) is 1. The van der Waals surface area contributed by atoms with Crippen molar-refractivity contribution in [2.75, 3.05) is 0 Å². The number of carbonyl (C=O) groups is 1. The van der Waals surface area contributed by atoms with Crippen LogP contribution in [0.25, 0.3) is 22.6 Å². The van der Waals surface area contributed by atoms with Gasteiger partial charge in [-0.1, -0.05) is 29.8 Å². The molecule has 162 valence electrons. The summed E-state index contributed by atoms with van der Waals surface area (Å²) in [5.41, 5.74) is 1.78. The van der Waals surface area contributed by atoms with Crippen molar-refractivity contribution in [2.24, 2.45) is 13.0 Å². The lowest BCUT2D eigenvalue weighted by atomic mass is 9.85. The molecule has 6 nitrogen and oxygen atoms in total. The molecule has 1 amide bonds. The van der Waals surface area contributed by atoms with Crippen LogP contribution in [0.2, 0.25) is 5.02 Å². The average Bonchev–Trinajstić information content (AvgIpc) is 3.57. The lowest BCUT2D eigenvalue weighted by Gasteiger charge is -2.33. The first kappa shape index (κ1) is 20.6.